The molecule has 0 radical (unpaired) electrons. The summed E-state index contributed by atoms with van der Waals surface area (Å²) in [5, 5.41) is 18.1. The minimum absolute atomic E-state index is 0.153. The molecule has 1 unspecified atom stereocenters. The fraction of sp³-hybridized carbons (Fsp3) is 0.417. The van der Waals surface area contributed by atoms with E-state index in [9.17, 15) is 9.90 Å². The first-order chi connectivity index (χ1) is 9.57. The zero-order valence-corrected chi connectivity index (χ0v) is 12.2. The van der Waals surface area contributed by atoms with Crippen molar-refractivity contribution in [2.75, 3.05) is 13.1 Å². The Bertz CT molecular complexity index is 612. The number of likely N-dealkylation sites (tertiary alicyclic amines) is 1. The highest BCUT2D eigenvalue weighted by atomic mass is 79.9. The minimum atomic E-state index is -0.973. The number of halogens is 1. The van der Waals surface area contributed by atoms with Crippen molar-refractivity contribution in [1.29, 1.82) is 0 Å². The fourth-order valence-electron chi connectivity index (χ4n) is 2.39. The average molecular weight is 341 g/mol. The van der Waals surface area contributed by atoms with Crippen molar-refractivity contribution in [3.05, 3.63) is 35.0 Å². The lowest BCUT2D eigenvalue weighted by molar-refractivity contribution is 0.0266. The fourth-order valence-corrected chi connectivity index (χ4v) is 2.80. The maximum atomic E-state index is 12.3. The van der Waals surface area contributed by atoms with Gasteiger partial charge in [-0.15, -0.1) is 5.10 Å². The van der Waals surface area contributed by atoms with Crippen molar-refractivity contribution in [2.24, 2.45) is 0 Å². The number of furan rings is 1. The number of carbonyl (C=O) groups excluding carboxylic acids is 1. The summed E-state index contributed by atoms with van der Waals surface area (Å²) in [5.74, 6) is -0.153. The van der Waals surface area contributed by atoms with Gasteiger partial charge >= 0.3 is 0 Å². The van der Waals surface area contributed by atoms with Crippen LogP contribution in [0.5, 0.6) is 0 Å². The van der Waals surface area contributed by atoms with E-state index < -0.39 is 5.60 Å². The third kappa shape index (κ3) is 2.48. The molecule has 106 valence electrons. The summed E-state index contributed by atoms with van der Waals surface area (Å²) < 4.78 is 7.05. The van der Waals surface area contributed by atoms with Crippen molar-refractivity contribution < 1.29 is 14.3 Å². The van der Waals surface area contributed by atoms with E-state index in [1.807, 2.05) is 0 Å². The quantitative estimate of drug-likeness (QED) is 0.897. The summed E-state index contributed by atoms with van der Waals surface area (Å²) in [7, 11) is 0. The molecule has 2 aromatic rings. The Labute approximate surface area is 123 Å². The van der Waals surface area contributed by atoms with Gasteiger partial charge in [-0.25, -0.2) is 4.68 Å². The lowest BCUT2D eigenvalue weighted by Gasteiger charge is -2.22. The number of hydrogen-bond acceptors (Lipinski definition) is 5. The van der Waals surface area contributed by atoms with E-state index in [0.717, 1.165) is 0 Å². The molecule has 8 heteroatoms. The molecule has 0 aromatic carbocycles. The molecule has 1 amide bonds. The number of hydrogen-bond donors (Lipinski definition) is 1. The van der Waals surface area contributed by atoms with Gasteiger partial charge in [-0.05, 0) is 28.4 Å². The van der Waals surface area contributed by atoms with Gasteiger partial charge in [0.25, 0.3) is 5.91 Å². The monoisotopic (exact) mass is 340 g/mol. The number of carbonyl (C=O) groups is 1. The number of aromatic nitrogens is 3. The molecule has 3 rings (SSSR count). The van der Waals surface area contributed by atoms with Crippen molar-refractivity contribution in [3.8, 4) is 0 Å². The van der Waals surface area contributed by atoms with Gasteiger partial charge in [-0.2, -0.15) is 0 Å². The Kier molecular flexibility index (Phi) is 3.35. The first-order valence-corrected chi connectivity index (χ1v) is 6.95. The molecule has 1 saturated heterocycles. The van der Waals surface area contributed by atoms with Gasteiger partial charge in [0, 0.05) is 12.7 Å². The zero-order valence-electron chi connectivity index (χ0n) is 10.6. The van der Waals surface area contributed by atoms with E-state index in [1.165, 1.54) is 6.26 Å². The van der Waals surface area contributed by atoms with Crippen LogP contribution in [0, 0.1) is 0 Å². The lowest BCUT2D eigenvalue weighted by atomic mass is 10.0. The maximum absolute atomic E-state index is 12.3. The molecule has 0 aliphatic carbocycles. The van der Waals surface area contributed by atoms with E-state index in [-0.39, 0.29) is 12.5 Å². The average Bonchev–Trinajstić information content (AvgIpc) is 3.11. The van der Waals surface area contributed by atoms with Crippen LogP contribution in [-0.2, 0) is 6.54 Å². The van der Waals surface area contributed by atoms with Crippen LogP contribution < -0.4 is 0 Å². The molecular formula is C12H13BrN4O3. The van der Waals surface area contributed by atoms with Gasteiger partial charge in [0.1, 0.15) is 5.60 Å². The van der Waals surface area contributed by atoms with Crippen LogP contribution in [0.25, 0.3) is 0 Å². The third-order valence-electron chi connectivity index (χ3n) is 3.40. The molecule has 7 nitrogen and oxygen atoms in total. The second-order valence-corrected chi connectivity index (χ2v) is 5.63. The van der Waals surface area contributed by atoms with Gasteiger partial charge in [0.2, 0.25) is 0 Å². The summed E-state index contributed by atoms with van der Waals surface area (Å²) in [6, 6.07) is 1.61. The van der Waals surface area contributed by atoms with Crippen molar-refractivity contribution >= 4 is 21.8 Å². The normalized spacial score (nSPS) is 22.4. The van der Waals surface area contributed by atoms with Crippen LogP contribution in [0.2, 0.25) is 0 Å². The summed E-state index contributed by atoms with van der Waals surface area (Å²) in [4.78, 5) is 13.9. The molecule has 0 spiro atoms. The molecule has 1 aliphatic rings. The van der Waals surface area contributed by atoms with Gasteiger partial charge in [0.15, 0.2) is 4.67 Å². The van der Waals surface area contributed by atoms with E-state index in [1.54, 1.807) is 28.0 Å². The second kappa shape index (κ2) is 5.02. The largest absolute Gasteiger partial charge is 0.457 e. The highest BCUT2D eigenvalue weighted by molar-refractivity contribution is 9.10. The molecule has 20 heavy (non-hydrogen) atoms. The lowest BCUT2D eigenvalue weighted by Crippen LogP contribution is -2.39. The van der Waals surface area contributed by atoms with E-state index in [2.05, 4.69) is 26.2 Å². The Balaban J connectivity index is 1.70. The Hall–Kier alpha value is -1.67. The van der Waals surface area contributed by atoms with Gasteiger partial charge in [-0.3, -0.25) is 4.79 Å². The first-order valence-electron chi connectivity index (χ1n) is 6.16. The summed E-state index contributed by atoms with van der Waals surface area (Å²) in [5.41, 5.74) is -0.505. The standard InChI is InChI=1S/C12H13BrN4O3/c13-10-9(1-6-20-10)11(18)16-4-2-12(19,7-16)8-17-5-3-14-15-17/h1,3,5-6,19H,2,4,7-8H2. The predicted molar refractivity (Wildman–Crippen MR) is 71.9 cm³/mol. The third-order valence-corrected chi connectivity index (χ3v) is 4.01. The molecule has 3 heterocycles. The van der Waals surface area contributed by atoms with Crippen molar-refractivity contribution in [3.63, 3.8) is 0 Å². The Morgan fingerprint density at radius 1 is 1.60 bits per heavy atom. The van der Waals surface area contributed by atoms with Gasteiger partial charge in [-0.1, -0.05) is 5.21 Å². The maximum Gasteiger partial charge on any atom is 0.258 e. The summed E-state index contributed by atoms with van der Waals surface area (Å²) in [6.07, 6.45) is 5.21. The molecular weight excluding hydrogens is 328 g/mol. The first kappa shape index (κ1) is 13.3. The van der Waals surface area contributed by atoms with Crippen LogP contribution in [-0.4, -0.2) is 49.6 Å². The van der Waals surface area contributed by atoms with Crippen LogP contribution in [0.1, 0.15) is 16.8 Å². The van der Waals surface area contributed by atoms with Crippen LogP contribution in [0.3, 0.4) is 0 Å². The Morgan fingerprint density at radius 3 is 3.10 bits per heavy atom. The van der Waals surface area contributed by atoms with Crippen LogP contribution in [0.15, 0.2) is 33.8 Å². The molecule has 0 bridgehead atoms. The number of amides is 1. The second-order valence-electron chi connectivity index (χ2n) is 4.91. The SMILES string of the molecule is O=C(c1ccoc1Br)N1CCC(O)(Cn2ccnn2)C1. The predicted octanol–water partition coefficient (Wildman–Crippen LogP) is 0.911. The zero-order chi connectivity index (χ0) is 14.2. The van der Waals surface area contributed by atoms with Gasteiger partial charge in [0.05, 0.1) is 31.1 Å². The van der Waals surface area contributed by atoms with Crippen LogP contribution >= 0.6 is 15.9 Å². The molecule has 1 atom stereocenters. The number of rotatable bonds is 3. The van der Waals surface area contributed by atoms with Crippen molar-refractivity contribution in [2.45, 2.75) is 18.6 Å². The molecule has 2 aromatic heterocycles. The number of β-amino-alcohol motifs (C(OH)–C–C–N with tert-alkyl or cyclic N) is 1. The van der Waals surface area contributed by atoms with Gasteiger partial charge < -0.3 is 14.4 Å². The highest BCUT2D eigenvalue weighted by Crippen LogP contribution is 2.27. The minimum Gasteiger partial charge on any atom is -0.457 e. The molecule has 0 saturated carbocycles. The molecule has 1 N–H and O–H groups in total. The smallest absolute Gasteiger partial charge is 0.258 e. The van der Waals surface area contributed by atoms with E-state index in [0.29, 0.717) is 29.7 Å². The van der Waals surface area contributed by atoms with E-state index in [4.69, 9.17) is 4.42 Å². The number of nitrogens with zero attached hydrogens (tertiary/aromatic N) is 4. The molecule has 1 fully saturated rings. The highest BCUT2D eigenvalue weighted by Gasteiger charge is 2.39. The van der Waals surface area contributed by atoms with Crippen LogP contribution in [0.4, 0.5) is 0 Å². The number of aliphatic hydroxyl groups is 1. The summed E-state index contributed by atoms with van der Waals surface area (Å²) in [6.45, 7) is 1.09. The summed E-state index contributed by atoms with van der Waals surface area (Å²) >= 11 is 3.19. The van der Waals surface area contributed by atoms with Crippen molar-refractivity contribution in [1.82, 2.24) is 19.9 Å². The topological polar surface area (TPSA) is 84.4 Å². The Morgan fingerprint density at radius 2 is 2.45 bits per heavy atom. The molecule has 1 aliphatic heterocycles. The van der Waals surface area contributed by atoms with E-state index >= 15 is 0 Å².